The van der Waals surface area contributed by atoms with Crippen molar-refractivity contribution in [2.45, 2.75) is 26.4 Å². The zero-order chi connectivity index (χ0) is 20.1. The fourth-order valence-electron chi connectivity index (χ4n) is 3.55. The minimum Gasteiger partial charge on any atom is -0.348 e. The molecule has 0 radical (unpaired) electrons. The lowest BCUT2D eigenvalue weighted by Gasteiger charge is -2.34. The van der Waals surface area contributed by atoms with Crippen LogP contribution >= 0.6 is 0 Å². The lowest BCUT2D eigenvalue weighted by Crippen LogP contribution is -2.49. The average molecular weight is 387 g/mol. The van der Waals surface area contributed by atoms with Gasteiger partial charge in [-0.2, -0.15) is 0 Å². The first-order valence-corrected chi connectivity index (χ1v) is 9.66. The molecule has 1 heterocycles. The van der Waals surface area contributed by atoms with E-state index in [1.54, 1.807) is 6.92 Å². The fourth-order valence-corrected chi connectivity index (χ4v) is 3.55. The first-order chi connectivity index (χ1) is 13.4. The van der Waals surface area contributed by atoms with E-state index in [0.29, 0.717) is 0 Å². The van der Waals surface area contributed by atoms with Crippen molar-refractivity contribution in [3.05, 3.63) is 70.8 Å². The Morgan fingerprint density at radius 3 is 2.43 bits per heavy atom. The van der Waals surface area contributed by atoms with Crippen molar-refractivity contribution in [3.8, 4) is 0 Å². The van der Waals surface area contributed by atoms with Gasteiger partial charge in [0.05, 0.1) is 12.6 Å². The van der Waals surface area contributed by atoms with Gasteiger partial charge in [0.25, 0.3) is 0 Å². The van der Waals surface area contributed by atoms with Crippen LogP contribution in [0, 0.1) is 18.6 Å². The van der Waals surface area contributed by atoms with E-state index in [2.05, 4.69) is 40.2 Å². The Labute approximate surface area is 165 Å². The summed E-state index contributed by atoms with van der Waals surface area (Å²) in [6.45, 7) is 8.49. The summed E-state index contributed by atoms with van der Waals surface area (Å²) in [5.74, 6) is -1.41. The van der Waals surface area contributed by atoms with Crippen LogP contribution in [0.15, 0.2) is 42.5 Å². The van der Waals surface area contributed by atoms with Crippen LogP contribution in [0.25, 0.3) is 0 Å². The van der Waals surface area contributed by atoms with E-state index in [1.807, 2.05) is 6.07 Å². The minimum atomic E-state index is -0.641. The summed E-state index contributed by atoms with van der Waals surface area (Å²) in [4.78, 5) is 16.8. The van der Waals surface area contributed by atoms with Crippen molar-refractivity contribution in [2.24, 2.45) is 0 Å². The second-order valence-corrected chi connectivity index (χ2v) is 7.43. The monoisotopic (exact) mass is 387 g/mol. The molecule has 0 bridgehead atoms. The fraction of sp³-hybridized carbons (Fsp3) is 0.409. The molecule has 1 fully saturated rings. The zero-order valence-electron chi connectivity index (χ0n) is 16.4. The average Bonchev–Trinajstić information content (AvgIpc) is 2.65. The molecule has 0 spiro atoms. The Morgan fingerprint density at radius 2 is 1.75 bits per heavy atom. The molecule has 4 nitrogen and oxygen atoms in total. The number of nitrogens with one attached hydrogen (secondary N) is 1. The molecular weight excluding hydrogens is 360 g/mol. The molecule has 0 saturated carbocycles. The summed E-state index contributed by atoms with van der Waals surface area (Å²) in [5.41, 5.74) is 2.92. The lowest BCUT2D eigenvalue weighted by atomic mass is 10.1. The second-order valence-electron chi connectivity index (χ2n) is 7.43. The first-order valence-electron chi connectivity index (χ1n) is 9.66. The Hall–Kier alpha value is -2.31. The highest BCUT2D eigenvalue weighted by Crippen LogP contribution is 2.18. The Bertz CT molecular complexity index is 819. The Kier molecular flexibility index (Phi) is 6.75. The molecular formula is C22H27F2N3O. The molecule has 1 atom stereocenters. The van der Waals surface area contributed by atoms with E-state index in [4.69, 9.17) is 0 Å². The molecule has 0 unspecified atom stereocenters. The summed E-state index contributed by atoms with van der Waals surface area (Å²) in [6, 6.07) is 11.3. The van der Waals surface area contributed by atoms with Crippen LogP contribution in [0.3, 0.4) is 0 Å². The van der Waals surface area contributed by atoms with Crippen LogP contribution in [0.4, 0.5) is 8.78 Å². The quantitative estimate of drug-likeness (QED) is 0.826. The number of rotatable bonds is 6. The summed E-state index contributed by atoms with van der Waals surface area (Å²) < 4.78 is 26.9. The van der Waals surface area contributed by atoms with Gasteiger partial charge in [0.15, 0.2) is 0 Å². The molecule has 1 saturated heterocycles. The van der Waals surface area contributed by atoms with Gasteiger partial charge in [-0.05, 0) is 31.0 Å². The highest BCUT2D eigenvalue weighted by molar-refractivity contribution is 5.78. The molecule has 1 aliphatic heterocycles. The van der Waals surface area contributed by atoms with Crippen LogP contribution in [-0.4, -0.2) is 48.4 Å². The van der Waals surface area contributed by atoms with Crippen LogP contribution < -0.4 is 5.32 Å². The smallest absolute Gasteiger partial charge is 0.234 e. The molecule has 2 aromatic carbocycles. The molecule has 6 heteroatoms. The summed E-state index contributed by atoms with van der Waals surface area (Å²) in [5, 5.41) is 2.81. The van der Waals surface area contributed by atoms with Crippen molar-refractivity contribution in [3.63, 3.8) is 0 Å². The third kappa shape index (κ3) is 5.36. The van der Waals surface area contributed by atoms with Gasteiger partial charge in [-0.15, -0.1) is 0 Å². The highest BCUT2D eigenvalue weighted by atomic mass is 19.1. The highest BCUT2D eigenvalue weighted by Gasteiger charge is 2.21. The third-order valence-electron chi connectivity index (χ3n) is 5.29. The number of carbonyl (C=O) groups is 1. The summed E-state index contributed by atoms with van der Waals surface area (Å²) in [7, 11) is 0. The molecule has 1 aliphatic rings. The number of hydrogen-bond acceptors (Lipinski definition) is 3. The molecule has 150 valence electrons. The Morgan fingerprint density at radius 1 is 1.07 bits per heavy atom. The van der Waals surface area contributed by atoms with Crippen molar-refractivity contribution in [2.75, 3.05) is 32.7 Å². The van der Waals surface area contributed by atoms with E-state index in [1.165, 1.54) is 23.3 Å². The Balaban J connectivity index is 1.45. The molecule has 2 aromatic rings. The minimum absolute atomic E-state index is 0.149. The van der Waals surface area contributed by atoms with Gasteiger partial charge in [-0.25, -0.2) is 8.78 Å². The number of nitrogens with zero attached hydrogens (tertiary/aromatic N) is 2. The van der Waals surface area contributed by atoms with Gasteiger partial charge in [-0.1, -0.05) is 30.3 Å². The van der Waals surface area contributed by atoms with Gasteiger partial charge in [-0.3, -0.25) is 14.6 Å². The van der Waals surface area contributed by atoms with Crippen molar-refractivity contribution in [1.29, 1.82) is 0 Å². The predicted octanol–water partition coefficient (Wildman–Crippen LogP) is 3.27. The topological polar surface area (TPSA) is 35.6 Å². The lowest BCUT2D eigenvalue weighted by molar-refractivity contribution is -0.123. The van der Waals surface area contributed by atoms with Gasteiger partial charge in [0, 0.05) is 44.4 Å². The van der Waals surface area contributed by atoms with Gasteiger partial charge in [0.2, 0.25) is 5.91 Å². The maximum absolute atomic E-state index is 13.9. The van der Waals surface area contributed by atoms with Crippen molar-refractivity contribution >= 4 is 5.91 Å². The standard InChI is InChI=1S/C22H27F2N3O/c1-16-5-3-4-6-18(16)14-26-9-11-27(12-10-26)15-22(28)25-17(2)20-8-7-19(23)13-21(20)24/h3-8,13,17H,9-12,14-15H2,1-2H3,(H,25,28)/t17-/m0/s1. The number of carbonyl (C=O) groups excluding carboxylic acids is 1. The molecule has 28 heavy (non-hydrogen) atoms. The predicted molar refractivity (Wildman–Crippen MR) is 106 cm³/mol. The number of hydrogen-bond donors (Lipinski definition) is 1. The van der Waals surface area contributed by atoms with Crippen LogP contribution in [0.5, 0.6) is 0 Å². The SMILES string of the molecule is Cc1ccccc1CN1CCN(CC(=O)N[C@@H](C)c2ccc(F)cc2F)CC1. The molecule has 0 aromatic heterocycles. The number of halogens is 2. The zero-order valence-corrected chi connectivity index (χ0v) is 16.4. The summed E-state index contributed by atoms with van der Waals surface area (Å²) >= 11 is 0. The number of amides is 1. The number of piperazine rings is 1. The van der Waals surface area contributed by atoms with Crippen molar-refractivity contribution in [1.82, 2.24) is 15.1 Å². The van der Waals surface area contributed by atoms with Gasteiger partial charge in [0.1, 0.15) is 11.6 Å². The van der Waals surface area contributed by atoms with Crippen LogP contribution in [0.2, 0.25) is 0 Å². The maximum Gasteiger partial charge on any atom is 0.234 e. The normalized spacial score (nSPS) is 16.7. The molecule has 1 N–H and O–H groups in total. The van der Waals surface area contributed by atoms with E-state index >= 15 is 0 Å². The van der Waals surface area contributed by atoms with E-state index in [0.717, 1.165) is 38.8 Å². The van der Waals surface area contributed by atoms with E-state index in [9.17, 15) is 13.6 Å². The first kappa shape index (κ1) is 20.4. The van der Waals surface area contributed by atoms with Gasteiger partial charge < -0.3 is 5.32 Å². The second kappa shape index (κ2) is 9.26. The van der Waals surface area contributed by atoms with E-state index < -0.39 is 17.7 Å². The summed E-state index contributed by atoms with van der Waals surface area (Å²) in [6.07, 6.45) is 0. The van der Waals surface area contributed by atoms with Crippen LogP contribution in [0.1, 0.15) is 29.7 Å². The van der Waals surface area contributed by atoms with E-state index in [-0.39, 0.29) is 18.0 Å². The maximum atomic E-state index is 13.9. The third-order valence-corrected chi connectivity index (χ3v) is 5.29. The molecule has 0 aliphatic carbocycles. The molecule has 1 amide bonds. The largest absolute Gasteiger partial charge is 0.348 e. The number of benzene rings is 2. The van der Waals surface area contributed by atoms with Gasteiger partial charge >= 0.3 is 0 Å². The van der Waals surface area contributed by atoms with Crippen molar-refractivity contribution < 1.29 is 13.6 Å². The number of aryl methyl sites for hydroxylation is 1. The van der Waals surface area contributed by atoms with Crippen LogP contribution in [-0.2, 0) is 11.3 Å². The molecule has 3 rings (SSSR count).